The van der Waals surface area contributed by atoms with Crippen molar-refractivity contribution in [3.8, 4) is 0 Å². The summed E-state index contributed by atoms with van der Waals surface area (Å²) in [6.45, 7) is 0.690. The Balaban J connectivity index is 1.74. The molecule has 25 heavy (non-hydrogen) atoms. The number of thioether (sulfide) groups is 1. The Bertz CT molecular complexity index is 860. The lowest BCUT2D eigenvalue weighted by molar-refractivity contribution is 0.0785. The number of aliphatic hydroxyl groups is 1. The van der Waals surface area contributed by atoms with Crippen molar-refractivity contribution in [1.29, 1.82) is 0 Å². The van der Waals surface area contributed by atoms with Crippen LogP contribution >= 0.6 is 11.8 Å². The molecule has 0 saturated heterocycles. The van der Waals surface area contributed by atoms with Gasteiger partial charge < -0.3 is 10.0 Å². The number of pyridine rings is 1. The number of carbonyl (C=O) groups excluding carboxylic acids is 1. The zero-order valence-electron chi connectivity index (χ0n) is 14.1. The second kappa shape index (κ2) is 8.14. The standard InChI is InChI=1S/C20H20N2O2S/c1-22(14-17-4-2-3-16-13-21-10-9-19(16)17)20(24)15-5-7-18(8-6-15)25-12-11-23/h2-10,13,23H,11-12,14H2,1H3. The minimum absolute atomic E-state index is 0.00947. The molecular formula is C20H20N2O2S. The Morgan fingerprint density at radius 2 is 1.96 bits per heavy atom. The average molecular weight is 352 g/mol. The van der Waals surface area contributed by atoms with Crippen LogP contribution in [0.3, 0.4) is 0 Å². The molecular weight excluding hydrogens is 332 g/mol. The van der Waals surface area contributed by atoms with Gasteiger partial charge in [-0.1, -0.05) is 18.2 Å². The van der Waals surface area contributed by atoms with E-state index in [0.717, 1.165) is 21.2 Å². The van der Waals surface area contributed by atoms with Gasteiger partial charge in [-0.05, 0) is 41.3 Å². The lowest BCUT2D eigenvalue weighted by Gasteiger charge is -2.18. The lowest BCUT2D eigenvalue weighted by Crippen LogP contribution is -2.26. The smallest absolute Gasteiger partial charge is 0.253 e. The van der Waals surface area contributed by atoms with Crippen molar-refractivity contribution in [3.05, 3.63) is 72.1 Å². The first kappa shape index (κ1) is 17.5. The molecule has 5 heteroatoms. The maximum absolute atomic E-state index is 12.7. The summed E-state index contributed by atoms with van der Waals surface area (Å²) in [5.41, 5.74) is 1.77. The summed E-state index contributed by atoms with van der Waals surface area (Å²) >= 11 is 1.57. The number of rotatable bonds is 6. The van der Waals surface area contributed by atoms with Crippen molar-refractivity contribution in [2.45, 2.75) is 11.4 Å². The second-order valence-corrected chi connectivity index (χ2v) is 6.94. The van der Waals surface area contributed by atoms with Gasteiger partial charge in [0.25, 0.3) is 5.91 Å². The Kier molecular flexibility index (Phi) is 5.68. The zero-order chi connectivity index (χ0) is 17.6. The van der Waals surface area contributed by atoms with Gasteiger partial charge in [0.05, 0.1) is 6.61 Å². The largest absolute Gasteiger partial charge is 0.396 e. The predicted octanol–water partition coefficient (Wildman–Crippen LogP) is 3.59. The van der Waals surface area contributed by atoms with Crippen LogP contribution in [-0.4, -0.2) is 40.3 Å². The Labute approximate surface area is 151 Å². The van der Waals surface area contributed by atoms with Gasteiger partial charge in [-0.2, -0.15) is 0 Å². The third-order valence-electron chi connectivity index (χ3n) is 3.99. The van der Waals surface area contributed by atoms with Gasteiger partial charge in [0.2, 0.25) is 0 Å². The summed E-state index contributed by atoms with van der Waals surface area (Å²) in [6.07, 6.45) is 3.61. The van der Waals surface area contributed by atoms with Crippen molar-refractivity contribution in [3.63, 3.8) is 0 Å². The highest BCUT2D eigenvalue weighted by molar-refractivity contribution is 7.99. The van der Waals surface area contributed by atoms with Gasteiger partial charge in [-0.3, -0.25) is 9.78 Å². The number of hydrogen-bond acceptors (Lipinski definition) is 4. The van der Waals surface area contributed by atoms with E-state index in [1.807, 2.05) is 61.8 Å². The molecule has 0 aliphatic carbocycles. The molecule has 0 saturated carbocycles. The number of hydrogen-bond donors (Lipinski definition) is 1. The fourth-order valence-corrected chi connectivity index (χ4v) is 3.39. The summed E-state index contributed by atoms with van der Waals surface area (Å²) < 4.78 is 0. The molecule has 0 bridgehead atoms. The first-order chi connectivity index (χ1) is 12.2. The van der Waals surface area contributed by atoms with E-state index in [0.29, 0.717) is 17.9 Å². The van der Waals surface area contributed by atoms with Crippen molar-refractivity contribution in [2.75, 3.05) is 19.4 Å². The van der Waals surface area contributed by atoms with Gasteiger partial charge in [-0.15, -0.1) is 11.8 Å². The molecule has 0 radical (unpaired) electrons. The SMILES string of the molecule is CN(Cc1cccc2cnccc12)C(=O)c1ccc(SCCO)cc1. The molecule has 128 valence electrons. The van der Waals surface area contributed by atoms with Crippen molar-refractivity contribution < 1.29 is 9.90 Å². The highest BCUT2D eigenvalue weighted by atomic mass is 32.2. The molecule has 0 atom stereocenters. The molecule has 0 fully saturated rings. The quantitative estimate of drug-likeness (QED) is 0.689. The van der Waals surface area contributed by atoms with E-state index in [1.54, 1.807) is 22.9 Å². The van der Waals surface area contributed by atoms with Gasteiger partial charge in [0.15, 0.2) is 0 Å². The summed E-state index contributed by atoms with van der Waals surface area (Å²) in [4.78, 5) is 19.6. The van der Waals surface area contributed by atoms with Gasteiger partial charge in [0.1, 0.15) is 0 Å². The topological polar surface area (TPSA) is 53.4 Å². The normalized spacial score (nSPS) is 10.8. The molecule has 2 aromatic carbocycles. The molecule has 1 N–H and O–H groups in total. The van der Waals surface area contributed by atoms with E-state index >= 15 is 0 Å². The van der Waals surface area contributed by atoms with E-state index in [9.17, 15) is 4.79 Å². The Morgan fingerprint density at radius 3 is 2.72 bits per heavy atom. The second-order valence-electron chi connectivity index (χ2n) is 5.77. The lowest BCUT2D eigenvalue weighted by atomic mass is 10.1. The fourth-order valence-electron chi connectivity index (χ4n) is 2.73. The maximum atomic E-state index is 12.7. The predicted molar refractivity (Wildman–Crippen MR) is 102 cm³/mol. The minimum atomic E-state index is -0.00947. The maximum Gasteiger partial charge on any atom is 0.253 e. The highest BCUT2D eigenvalue weighted by Crippen LogP contribution is 2.21. The number of fused-ring (bicyclic) bond motifs is 1. The first-order valence-corrected chi connectivity index (χ1v) is 9.08. The fraction of sp³-hybridized carbons (Fsp3) is 0.200. The van der Waals surface area contributed by atoms with E-state index in [2.05, 4.69) is 4.98 Å². The van der Waals surface area contributed by atoms with Crippen LogP contribution in [0.15, 0.2) is 65.8 Å². The van der Waals surface area contributed by atoms with Crippen LogP contribution in [0.4, 0.5) is 0 Å². The number of aliphatic hydroxyl groups excluding tert-OH is 1. The Morgan fingerprint density at radius 1 is 1.16 bits per heavy atom. The highest BCUT2D eigenvalue weighted by Gasteiger charge is 2.13. The Hall–Kier alpha value is -2.37. The first-order valence-electron chi connectivity index (χ1n) is 8.10. The number of benzene rings is 2. The zero-order valence-corrected chi connectivity index (χ0v) is 14.9. The van der Waals surface area contributed by atoms with Crippen LogP contribution in [0, 0.1) is 0 Å². The third kappa shape index (κ3) is 4.18. The summed E-state index contributed by atoms with van der Waals surface area (Å²) in [7, 11) is 1.82. The van der Waals surface area contributed by atoms with Crippen molar-refractivity contribution >= 4 is 28.4 Å². The van der Waals surface area contributed by atoms with E-state index in [4.69, 9.17) is 5.11 Å². The summed E-state index contributed by atoms with van der Waals surface area (Å²) in [6, 6.07) is 15.6. The van der Waals surface area contributed by atoms with Crippen molar-refractivity contribution in [2.24, 2.45) is 0 Å². The summed E-state index contributed by atoms with van der Waals surface area (Å²) in [5.74, 6) is 0.646. The molecule has 0 aliphatic rings. The van der Waals surface area contributed by atoms with Gasteiger partial charge in [0, 0.05) is 47.6 Å². The van der Waals surface area contributed by atoms with Crippen LogP contribution in [0.25, 0.3) is 10.8 Å². The van der Waals surface area contributed by atoms with Crippen molar-refractivity contribution in [1.82, 2.24) is 9.88 Å². The van der Waals surface area contributed by atoms with Gasteiger partial charge in [-0.25, -0.2) is 0 Å². The number of amides is 1. The molecule has 1 heterocycles. The van der Waals surface area contributed by atoms with Crippen LogP contribution in [0.5, 0.6) is 0 Å². The molecule has 0 unspecified atom stereocenters. The van der Waals surface area contributed by atoms with Crippen LogP contribution in [-0.2, 0) is 6.54 Å². The van der Waals surface area contributed by atoms with Crippen LogP contribution in [0.1, 0.15) is 15.9 Å². The molecule has 1 aromatic heterocycles. The monoisotopic (exact) mass is 352 g/mol. The van der Waals surface area contributed by atoms with E-state index < -0.39 is 0 Å². The molecule has 0 spiro atoms. The average Bonchev–Trinajstić information content (AvgIpc) is 2.66. The summed E-state index contributed by atoms with van der Waals surface area (Å²) in [5, 5.41) is 11.1. The number of aromatic nitrogens is 1. The van der Waals surface area contributed by atoms with Crippen LogP contribution in [0.2, 0.25) is 0 Å². The molecule has 4 nitrogen and oxygen atoms in total. The molecule has 1 amide bonds. The van der Waals surface area contributed by atoms with Gasteiger partial charge >= 0.3 is 0 Å². The van der Waals surface area contributed by atoms with Crippen LogP contribution < -0.4 is 0 Å². The third-order valence-corrected chi connectivity index (χ3v) is 4.98. The number of carbonyl (C=O) groups is 1. The number of nitrogens with zero attached hydrogens (tertiary/aromatic N) is 2. The van der Waals surface area contributed by atoms with E-state index in [1.165, 1.54) is 0 Å². The molecule has 0 aliphatic heterocycles. The molecule has 3 rings (SSSR count). The molecule has 3 aromatic rings. The van der Waals surface area contributed by atoms with E-state index in [-0.39, 0.29) is 12.5 Å². The minimum Gasteiger partial charge on any atom is -0.396 e.